The minimum Gasteiger partial charge on any atom is -0.357 e. The maximum Gasteiger partial charge on any atom is 0.227 e. The second-order valence-corrected chi connectivity index (χ2v) is 6.60. The number of halogens is 1. The Bertz CT molecular complexity index is 837. The largest absolute Gasteiger partial charge is 0.357 e. The van der Waals surface area contributed by atoms with Crippen molar-refractivity contribution in [1.82, 2.24) is 15.6 Å². The van der Waals surface area contributed by atoms with Crippen LogP contribution in [0, 0.1) is 19.7 Å². The number of guanidine groups is 1. The average Bonchev–Trinajstić information content (AvgIpc) is 2.64. The zero-order valence-corrected chi connectivity index (χ0v) is 16.8. The molecule has 0 bridgehead atoms. The molecule has 1 unspecified atom stereocenters. The number of nitrogens with zero attached hydrogens (tertiary/aromatic N) is 2. The predicted octanol–water partition coefficient (Wildman–Crippen LogP) is 3.48. The standard InChI is InChI=1S/C21H28FN5O/c1-5-23-21(26-16(4)17-10-9-14(2)18(22)13-17)24-12-11-20(28)27-19-8-6-7-15(3)25-19/h6-10,13,16H,5,11-12H2,1-4H3,(H2,23,24,26)(H,25,27,28). The topological polar surface area (TPSA) is 78.4 Å². The zero-order chi connectivity index (χ0) is 20.5. The summed E-state index contributed by atoms with van der Waals surface area (Å²) in [6, 6.07) is 10.5. The lowest BCUT2D eigenvalue weighted by atomic mass is 10.1. The van der Waals surface area contributed by atoms with Gasteiger partial charge >= 0.3 is 0 Å². The SMILES string of the molecule is CCNC(=NCCC(=O)Nc1cccc(C)n1)NC(C)c1ccc(C)c(F)c1. The van der Waals surface area contributed by atoms with E-state index in [-0.39, 0.29) is 24.2 Å². The van der Waals surface area contributed by atoms with Crippen LogP contribution in [-0.2, 0) is 4.79 Å². The van der Waals surface area contributed by atoms with Crippen molar-refractivity contribution < 1.29 is 9.18 Å². The third-order valence-electron chi connectivity index (χ3n) is 4.16. The molecule has 0 aliphatic carbocycles. The number of carbonyl (C=O) groups is 1. The molecule has 7 heteroatoms. The second-order valence-electron chi connectivity index (χ2n) is 6.60. The molecule has 0 saturated heterocycles. The van der Waals surface area contributed by atoms with Crippen molar-refractivity contribution in [3.63, 3.8) is 0 Å². The molecule has 150 valence electrons. The molecule has 1 aromatic heterocycles. The highest BCUT2D eigenvalue weighted by atomic mass is 19.1. The molecule has 2 aromatic rings. The summed E-state index contributed by atoms with van der Waals surface area (Å²) < 4.78 is 13.8. The summed E-state index contributed by atoms with van der Waals surface area (Å²) in [5, 5.41) is 9.15. The van der Waals surface area contributed by atoms with Crippen molar-refractivity contribution in [3.8, 4) is 0 Å². The van der Waals surface area contributed by atoms with E-state index >= 15 is 0 Å². The minimum absolute atomic E-state index is 0.127. The second kappa shape index (κ2) is 10.4. The summed E-state index contributed by atoms with van der Waals surface area (Å²) >= 11 is 0. The number of benzene rings is 1. The van der Waals surface area contributed by atoms with Crippen molar-refractivity contribution in [1.29, 1.82) is 0 Å². The Balaban J connectivity index is 1.91. The molecule has 1 atom stereocenters. The van der Waals surface area contributed by atoms with E-state index in [0.29, 0.717) is 30.4 Å². The van der Waals surface area contributed by atoms with Crippen LogP contribution in [0.2, 0.25) is 0 Å². The average molecular weight is 385 g/mol. The van der Waals surface area contributed by atoms with E-state index in [9.17, 15) is 9.18 Å². The summed E-state index contributed by atoms with van der Waals surface area (Å²) in [6.07, 6.45) is 0.236. The fourth-order valence-electron chi connectivity index (χ4n) is 2.57. The quantitative estimate of drug-likeness (QED) is 0.504. The van der Waals surface area contributed by atoms with E-state index in [1.54, 1.807) is 19.1 Å². The van der Waals surface area contributed by atoms with Gasteiger partial charge in [0.05, 0.1) is 12.6 Å². The highest BCUT2D eigenvalue weighted by Gasteiger charge is 2.10. The number of anilines is 1. The van der Waals surface area contributed by atoms with E-state index in [0.717, 1.165) is 11.3 Å². The van der Waals surface area contributed by atoms with Crippen LogP contribution in [0.15, 0.2) is 41.4 Å². The van der Waals surface area contributed by atoms with Gasteiger partial charge in [-0.25, -0.2) is 9.37 Å². The first-order chi connectivity index (χ1) is 13.4. The van der Waals surface area contributed by atoms with Gasteiger partial charge in [-0.05, 0) is 57.0 Å². The van der Waals surface area contributed by atoms with Crippen LogP contribution in [0.4, 0.5) is 10.2 Å². The lowest BCUT2D eigenvalue weighted by Crippen LogP contribution is -2.39. The van der Waals surface area contributed by atoms with E-state index < -0.39 is 0 Å². The number of amides is 1. The summed E-state index contributed by atoms with van der Waals surface area (Å²) in [5.74, 6) is 0.743. The maximum atomic E-state index is 13.8. The van der Waals surface area contributed by atoms with Crippen molar-refractivity contribution in [2.24, 2.45) is 4.99 Å². The number of rotatable bonds is 7. The molecule has 0 aliphatic heterocycles. The smallest absolute Gasteiger partial charge is 0.227 e. The van der Waals surface area contributed by atoms with Crippen LogP contribution in [0.1, 0.15) is 43.1 Å². The maximum absolute atomic E-state index is 13.8. The fourth-order valence-corrected chi connectivity index (χ4v) is 2.57. The zero-order valence-electron chi connectivity index (χ0n) is 16.8. The van der Waals surface area contributed by atoms with E-state index in [4.69, 9.17) is 0 Å². The van der Waals surface area contributed by atoms with Crippen LogP contribution in [0.25, 0.3) is 0 Å². The number of aliphatic imine (C=N–C) groups is 1. The molecule has 2 rings (SSSR count). The van der Waals surface area contributed by atoms with Crippen LogP contribution >= 0.6 is 0 Å². The highest BCUT2D eigenvalue weighted by molar-refractivity contribution is 5.90. The number of nitrogens with one attached hydrogen (secondary N) is 3. The normalized spacial score (nSPS) is 12.4. The molecule has 1 aromatic carbocycles. The lowest BCUT2D eigenvalue weighted by Gasteiger charge is -2.18. The predicted molar refractivity (Wildman–Crippen MR) is 111 cm³/mol. The first-order valence-corrected chi connectivity index (χ1v) is 9.43. The van der Waals surface area contributed by atoms with Crippen molar-refractivity contribution in [2.45, 2.75) is 40.2 Å². The van der Waals surface area contributed by atoms with Gasteiger partial charge in [-0.3, -0.25) is 9.79 Å². The molecule has 3 N–H and O–H groups in total. The lowest BCUT2D eigenvalue weighted by molar-refractivity contribution is -0.116. The van der Waals surface area contributed by atoms with Gasteiger partial charge in [0.15, 0.2) is 5.96 Å². The number of aromatic nitrogens is 1. The van der Waals surface area contributed by atoms with Crippen LogP contribution < -0.4 is 16.0 Å². The molecule has 0 spiro atoms. The van der Waals surface area contributed by atoms with Crippen LogP contribution in [-0.4, -0.2) is 29.9 Å². The fraction of sp³-hybridized carbons (Fsp3) is 0.381. The van der Waals surface area contributed by atoms with Gasteiger partial charge in [0, 0.05) is 18.7 Å². The monoisotopic (exact) mass is 385 g/mol. The van der Waals surface area contributed by atoms with Gasteiger partial charge in [0.1, 0.15) is 11.6 Å². The summed E-state index contributed by atoms with van der Waals surface area (Å²) in [5.41, 5.74) is 2.29. The molecular weight excluding hydrogens is 357 g/mol. The van der Waals surface area contributed by atoms with Gasteiger partial charge in [-0.2, -0.15) is 0 Å². The number of carbonyl (C=O) groups excluding carboxylic acids is 1. The third kappa shape index (κ3) is 6.64. The van der Waals surface area contributed by atoms with Gasteiger partial charge in [-0.1, -0.05) is 18.2 Å². The molecule has 1 amide bonds. The highest BCUT2D eigenvalue weighted by Crippen LogP contribution is 2.16. The Hall–Kier alpha value is -2.96. The number of aryl methyl sites for hydroxylation is 2. The van der Waals surface area contributed by atoms with E-state index in [1.807, 2.05) is 39.0 Å². The minimum atomic E-state index is -0.227. The van der Waals surface area contributed by atoms with Gasteiger partial charge in [0.25, 0.3) is 0 Å². The molecule has 0 aliphatic rings. The molecule has 1 heterocycles. The van der Waals surface area contributed by atoms with Crippen molar-refractivity contribution in [2.75, 3.05) is 18.4 Å². The summed E-state index contributed by atoms with van der Waals surface area (Å²) in [7, 11) is 0. The Morgan fingerprint density at radius 1 is 1.25 bits per heavy atom. The van der Waals surface area contributed by atoms with Gasteiger partial charge in [-0.15, -0.1) is 0 Å². The Morgan fingerprint density at radius 3 is 2.71 bits per heavy atom. The molecule has 0 radical (unpaired) electrons. The molecular formula is C21H28FN5O. The van der Waals surface area contributed by atoms with Gasteiger partial charge < -0.3 is 16.0 Å². The van der Waals surface area contributed by atoms with Gasteiger partial charge in [0.2, 0.25) is 5.91 Å². The van der Waals surface area contributed by atoms with Crippen molar-refractivity contribution >= 4 is 17.7 Å². The Morgan fingerprint density at radius 2 is 2.04 bits per heavy atom. The first kappa shape index (κ1) is 21.3. The molecule has 6 nitrogen and oxygen atoms in total. The van der Waals surface area contributed by atoms with Crippen LogP contribution in [0.5, 0.6) is 0 Å². The van der Waals surface area contributed by atoms with Crippen LogP contribution in [0.3, 0.4) is 0 Å². The summed E-state index contributed by atoms with van der Waals surface area (Å²) in [4.78, 5) is 20.8. The first-order valence-electron chi connectivity index (χ1n) is 9.43. The van der Waals surface area contributed by atoms with E-state index in [2.05, 4.69) is 25.9 Å². The number of hydrogen-bond donors (Lipinski definition) is 3. The number of hydrogen-bond acceptors (Lipinski definition) is 3. The molecule has 28 heavy (non-hydrogen) atoms. The summed E-state index contributed by atoms with van der Waals surface area (Å²) in [6.45, 7) is 8.51. The molecule has 0 saturated carbocycles. The van der Waals surface area contributed by atoms with E-state index in [1.165, 1.54) is 6.07 Å². The molecule has 0 fully saturated rings. The third-order valence-corrected chi connectivity index (χ3v) is 4.16. The Labute approximate surface area is 165 Å². The Kier molecular flexibility index (Phi) is 7.92. The number of pyridine rings is 1. The van der Waals surface area contributed by atoms with Crippen molar-refractivity contribution in [3.05, 3.63) is 59.0 Å².